The van der Waals surface area contributed by atoms with E-state index in [0.717, 1.165) is 22.3 Å². The number of hydrogen-bond donors (Lipinski definition) is 2. The first-order chi connectivity index (χ1) is 33.7. The lowest BCUT2D eigenvalue weighted by Crippen LogP contribution is -2.50. The molecule has 6 aromatic rings. The standard InChI is InChI=1S/C59H63ClN2O8S/c1-40-32-34-43(35-33-40)58(42-22-12-8-13-23-42,47-30-20-21-31-48(47)60)70-55(67)50(39-71-59(44-24-14-9-15-25-44,45-26-16-10-17-27-45)46-28-18-11-19-29-46)62-54(66)41(37-52(64)68-56(2,3)4)36-51(63)49(61)38-53(65)69-57(5,6)7/h8-35,41,49-50H,36-39,61H2,1-7H3,(H,62,66)/t41-,49-,50-,58?/m0/s1. The summed E-state index contributed by atoms with van der Waals surface area (Å²) in [6, 6.07) is 50.9. The van der Waals surface area contributed by atoms with Gasteiger partial charge in [-0.1, -0.05) is 181 Å². The SMILES string of the molecule is Cc1ccc(C(OC(=O)[C@H](CSC(c2ccccc2)(c2ccccc2)c2ccccc2)NC(=O)[C@H](CC(=O)OC(C)(C)C)CC(=O)[C@@H](N)CC(=O)OC(C)(C)C)(c2ccccc2)c2ccccc2Cl)cc1. The Morgan fingerprint density at radius 1 is 0.549 bits per heavy atom. The summed E-state index contributed by atoms with van der Waals surface area (Å²) in [5.74, 6) is -5.22. The molecule has 0 bridgehead atoms. The highest BCUT2D eigenvalue weighted by Crippen LogP contribution is 2.49. The molecule has 1 unspecified atom stereocenters. The molecule has 0 heterocycles. The first-order valence-corrected chi connectivity index (χ1v) is 25.0. The van der Waals surface area contributed by atoms with Crippen molar-refractivity contribution in [1.29, 1.82) is 0 Å². The van der Waals surface area contributed by atoms with E-state index in [0.29, 0.717) is 21.7 Å². The number of ether oxygens (including phenoxy) is 3. The molecule has 0 aliphatic rings. The van der Waals surface area contributed by atoms with E-state index in [1.54, 1.807) is 59.7 Å². The number of nitrogens with two attached hydrogens (primary N) is 1. The molecule has 0 fully saturated rings. The van der Waals surface area contributed by atoms with Gasteiger partial charge < -0.3 is 25.3 Å². The fourth-order valence-corrected chi connectivity index (χ4v) is 10.2. The van der Waals surface area contributed by atoms with E-state index in [4.69, 9.17) is 31.5 Å². The van der Waals surface area contributed by atoms with Gasteiger partial charge in [0.15, 0.2) is 11.4 Å². The predicted molar refractivity (Wildman–Crippen MR) is 281 cm³/mol. The second kappa shape index (κ2) is 23.6. The lowest BCUT2D eigenvalue weighted by atomic mass is 9.79. The molecule has 0 saturated heterocycles. The second-order valence-corrected chi connectivity index (χ2v) is 21.2. The maximum absolute atomic E-state index is 15.8. The molecule has 1 amide bonds. The third-order valence-corrected chi connectivity index (χ3v) is 13.6. The Morgan fingerprint density at radius 3 is 1.44 bits per heavy atom. The van der Waals surface area contributed by atoms with Gasteiger partial charge in [-0.2, -0.15) is 0 Å². The largest absolute Gasteiger partial charge is 0.460 e. The number of aryl methyl sites for hydroxylation is 1. The Hall–Kier alpha value is -6.53. The van der Waals surface area contributed by atoms with Crippen LogP contribution in [0.25, 0.3) is 0 Å². The first-order valence-electron chi connectivity index (χ1n) is 23.7. The minimum Gasteiger partial charge on any atom is -0.460 e. The van der Waals surface area contributed by atoms with Gasteiger partial charge in [0, 0.05) is 33.9 Å². The average molecular weight is 996 g/mol. The highest BCUT2D eigenvalue weighted by atomic mass is 35.5. The zero-order valence-electron chi connectivity index (χ0n) is 41.4. The molecule has 4 atom stereocenters. The van der Waals surface area contributed by atoms with Crippen LogP contribution >= 0.6 is 23.4 Å². The van der Waals surface area contributed by atoms with Crippen LogP contribution < -0.4 is 11.1 Å². The smallest absolute Gasteiger partial charge is 0.331 e. The van der Waals surface area contributed by atoms with E-state index in [-0.39, 0.29) is 5.75 Å². The maximum Gasteiger partial charge on any atom is 0.331 e. The van der Waals surface area contributed by atoms with Crippen LogP contribution in [0, 0.1) is 12.8 Å². The van der Waals surface area contributed by atoms with Crippen LogP contribution in [0.2, 0.25) is 5.02 Å². The lowest BCUT2D eigenvalue weighted by molar-refractivity contribution is -0.159. The fraction of sp³-hybridized carbons (Fsp3) is 0.305. The zero-order chi connectivity index (χ0) is 51.4. The molecular weight excluding hydrogens is 932 g/mol. The van der Waals surface area contributed by atoms with Gasteiger partial charge in [0.1, 0.15) is 17.2 Å². The Balaban J connectivity index is 1.50. The summed E-state index contributed by atoms with van der Waals surface area (Å²) in [7, 11) is 0. The number of carbonyl (C=O) groups excluding carboxylic acids is 5. The summed E-state index contributed by atoms with van der Waals surface area (Å²) in [6.45, 7) is 12.1. The van der Waals surface area contributed by atoms with Gasteiger partial charge >= 0.3 is 17.9 Å². The summed E-state index contributed by atoms with van der Waals surface area (Å²) >= 11 is 8.52. The molecule has 6 rings (SSSR count). The zero-order valence-corrected chi connectivity index (χ0v) is 42.9. The Labute approximate surface area is 427 Å². The van der Waals surface area contributed by atoms with Crippen LogP contribution in [0.1, 0.15) is 99.7 Å². The molecule has 71 heavy (non-hydrogen) atoms. The van der Waals surface area contributed by atoms with Crippen LogP contribution in [0.15, 0.2) is 170 Å². The van der Waals surface area contributed by atoms with Gasteiger partial charge in [-0.15, -0.1) is 11.8 Å². The summed E-state index contributed by atoms with van der Waals surface area (Å²) in [4.78, 5) is 71.2. The number of Topliss-reactive ketones (excluding diaryl/α,β-unsaturated/α-hetero) is 1. The number of amides is 1. The van der Waals surface area contributed by atoms with E-state index in [1.165, 1.54) is 11.8 Å². The molecule has 0 aliphatic heterocycles. The number of ketones is 1. The molecular formula is C59H63ClN2O8S. The van der Waals surface area contributed by atoms with Crippen LogP contribution in [0.5, 0.6) is 0 Å². The van der Waals surface area contributed by atoms with Crippen LogP contribution in [0.4, 0.5) is 0 Å². The fourth-order valence-electron chi connectivity index (χ4n) is 8.43. The minimum atomic E-state index is -1.66. The van der Waals surface area contributed by atoms with Gasteiger partial charge in [-0.3, -0.25) is 19.2 Å². The average Bonchev–Trinajstić information content (AvgIpc) is 3.33. The molecule has 10 nitrogen and oxygen atoms in total. The van der Waals surface area contributed by atoms with Gasteiger partial charge in [0.25, 0.3) is 0 Å². The van der Waals surface area contributed by atoms with Crippen molar-refractivity contribution in [2.24, 2.45) is 11.7 Å². The van der Waals surface area contributed by atoms with Crippen molar-refractivity contribution in [1.82, 2.24) is 5.32 Å². The molecule has 0 aliphatic carbocycles. The summed E-state index contributed by atoms with van der Waals surface area (Å²) in [5, 5.41) is 3.30. The van der Waals surface area contributed by atoms with Crippen LogP contribution in [0.3, 0.4) is 0 Å². The molecule has 3 N–H and O–H groups in total. The van der Waals surface area contributed by atoms with E-state index >= 15 is 9.59 Å². The molecule has 0 radical (unpaired) electrons. The van der Waals surface area contributed by atoms with E-state index in [9.17, 15) is 14.4 Å². The molecule has 6 aromatic carbocycles. The minimum absolute atomic E-state index is 0.0875. The Bertz CT molecular complexity index is 2650. The summed E-state index contributed by atoms with van der Waals surface area (Å²) in [6.07, 6.45) is -1.55. The number of halogens is 1. The van der Waals surface area contributed by atoms with E-state index in [2.05, 4.69) is 5.32 Å². The predicted octanol–water partition coefficient (Wildman–Crippen LogP) is 11.1. The monoisotopic (exact) mass is 994 g/mol. The summed E-state index contributed by atoms with van der Waals surface area (Å²) < 4.78 is 17.1. The van der Waals surface area contributed by atoms with Gasteiger partial charge in [0.05, 0.1) is 29.5 Å². The molecule has 12 heteroatoms. The van der Waals surface area contributed by atoms with Gasteiger partial charge in [-0.25, -0.2) is 4.79 Å². The number of esters is 3. The summed E-state index contributed by atoms with van der Waals surface area (Å²) in [5.41, 5.74) is 8.22. The van der Waals surface area contributed by atoms with Crippen molar-refractivity contribution in [2.75, 3.05) is 5.75 Å². The van der Waals surface area contributed by atoms with Crippen molar-refractivity contribution >= 4 is 53.0 Å². The number of thioether (sulfide) groups is 1. The normalized spacial score (nSPS) is 13.9. The number of nitrogens with one attached hydrogen (secondary N) is 1. The molecule has 0 aromatic heterocycles. The lowest BCUT2D eigenvalue weighted by Gasteiger charge is -2.39. The topological polar surface area (TPSA) is 151 Å². The number of hydrogen-bond acceptors (Lipinski definition) is 10. The van der Waals surface area contributed by atoms with Crippen molar-refractivity contribution in [3.8, 4) is 0 Å². The van der Waals surface area contributed by atoms with Crippen molar-refractivity contribution in [3.05, 3.63) is 214 Å². The van der Waals surface area contributed by atoms with Crippen molar-refractivity contribution in [3.63, 3.8) is 0 Å². The molecule has 0 saturated carbocycles. The number of benzene rings is 6. The third-order valence-electron chi connectivity index (χ3n) is 11.6. The van der Waals surface area contributed by atoms with Crippen molar-refractivity contribution in [2.45, 2.75) is 101 Å². The Kier molecular flexibility index (Phi) is 17.9. The highest BCUT2D eigenvalue weighted by molar-refractivity contribution is 8.00. The first kappa shape index (κ1) is 53.8. The van der Waals surface area contributed by atoms with Crippen LogP contribution in [-0.4, -0.2) is 58.6 Å². The number of rotatable bonds is 20. The third kappa shape index (κ3) is 13.9. The van der Waals surface area contributed by atoms with Gasteiger partial charge in [-0.05, 0) is 71.2 Å². The van der Waals surface area contributed by atoms with Crippen LogP contribution in [-0.2, 0) is 48.5 Å². The van der Waals surface area contributed by atoms with Crippen molar-refractivity contribution < 1.29 is 38.2 Å². The number of carbonyl (C=O) groups is 5. The second-order valence-electron chi connectivity index (χ2n) is 19.5. The van der Waals surface area contributed by atoms with E-state index in [1.807, 2.05) is 159 Å². The molecule has 0 spiro atoms. The molecule has 370 valence electrons. The van der Waals surface area contributed by atoms with Gasteiger partial charge in [0.2, 0.25) is 5.91 Å². The Morgan fingerprint density at radius 2 is 0.972 bits per heavy atom. The van der Waals surface area contributed by atoms with E-state index < -0.39 is 88.4 Å². The quantitative estimate of drug-likeness (QED) is 0.0430. The highest BCUT2D eigenvalue weighted by Gasteiger charge is 2.46. The maximum atomic E-state index is 15.8.